The van der Waals surface area contributed by atoms with Gasteiger partial charge in [-0.25, -0.2) is 9.37 Å². The number of aromatic nitrogens is 1. The molecule has 7 heteroatoms. The molecule has 0 spiro atoms. The highest BCUT2D eigenvalue weighted by atomic mass is 79.9. The van der Waals surface area contributed by atoms with Crippen LogP contribution in [0.2, 0.25) is 0 Å². The third kappa shape index (κ3) is 4.52. The maximum absolute atomic E-state index is 13.0. The van der Waals surface area contributed by atoms with E-state index in [4.69, 9.17) is 0 Å². The number of hydrogen-bond donors (Lipinski definition) is 1. The van der Waals surface area contributed by atoms with Crippen LogP contribution in [0.25, 0.3) is 0 Å². The van der Waals surface area contributed by atoms with E-state index in [1.54, 1.807) is 24.4 Å². The number of amides is 1. The van der Waals surface area contributed by atoms with Crippen molar-refractivity contribution < 1.29 is 9.18 Å². The number of nitrogens with one attached hydrogen (secondary N) is 1. The van der Waals surface area contributed by atoms with Crippen molar-refractivity contribution >= 4 is 33.3 Å². The van der Waals surface area contributed by atoms with E-state index < -0.39 is 0 Å². The van der Waals surface area contributed by atoms with Crippen LogP contribution < -0.4 is 10.2 Å². The van der Waals surface area contributed by atoms with Crippen LogP contribution in [0.5, 0.6) is 0 Å². The molecular weight excluding hydrogens is 375 g/mol. The zero-order valence-corrected chi connectivity index (χ0v) is 14.7. The highest BCUT2D eigenvalue weighted by Crippen LogP contribution is 2.17. The molecule has 0 saturated carbocycles. The minimum Gasteiger partial charge on any atom is -0.369 e. The molecule has 0 radical (unpaired) electrons. The highest BCUT2D eigenvalue weighted by molar-refractivity contribution is 9.10. The fraction of sp³-hybridized carbons (Fsp3) is 0.294. The summed E-state index contributed by atoms with van der Waals surface area (Å²) < 4.78 is 13.9. The van der Waals surface area contributed by atoms with Gasteiger partial charge in [0.1, 0.15) is 11.6 Å². The van der Waals surface area contributed by atoms with E-state index in [1.807, 2.05) is 6.07 Å². The number of benzene rings is 1. The van der Waals surface area contributed by atoms with Crippen molar-refractivity contribution in [3.05, 3.63) is 52.9 Å². The van der Waals surface area contributed by atoms with Crippen LogP contribution >= 0.6 is 15.9 Å². The maximum atomic E-state index is 13.0. The molecule has 2 heterocycles. The average Bonchev–Trinajstić information content (AvgIpc) is 2.58. The Morgan fingerprint density at radius 3 is 2.46 bits per heavy atom. The van der Waals surface area contributed by atoms with Crippen LogP contribution in [0.1, 0.15) is 0 Å². The Kier molecular flexibility index (Phi) is 5.42. The number of pyridine rings is 1. The van der Waals surface area contributed by atoms with Gasteiger partial charge in [0.05, 0.1) is 6.54 Å². The van der Waals surface area contributed by atoms with Crippen LogP contribution in [-0.4, -0.2) is 48.5 Å². The second-order valence-corrected chi connectivity index (χ2v) is 6.57. The lowest BCUT2D eigenvalue weighted by Crippen LogP contribution is -2.48. The van der Waals surface area contributed by atoms with Crippen molar-refractivity contribution in [2.75, 3.05) is 42.9 Å². The molecule has 1 aromatic heterocycles. The molecule has 0 bridgehead atoms. The maximum Gasteiger partial charge on any atom is 0.239 e. The molecule has 5 nitrogen and oxygen atoms in total. The lowest BCUT2D eigenvalue weighted by Gasteiger charge is -2.35. The summed E-state index contributed by atoms with van der Waals surface area (Å²) in [6, 6.07) is 10.1. The van der Waals surface area contributed by atoms with Gasteiger partial charge in [0.25, 0.3) is 0 Å². The largest absolute Gasteiger partial charge is 0.369 e. The Bertz CT molecular complexity index is 685. The van der Waals surface area contributed by atoms with Gasteiger partial charge in [0, 0.05) is 42.5 Å². The van der Waals surface area contributed by atoms with Crippen LogP contribution in [0.3, 0.4) is 0 Å². The quantitative estimate of drug-likeness (QED) is 0.868. The first-order valence-corrected chi connectivity index (χ1v) is 8.54. The SMILES string of the molecule is O=C(CN1CCN(c2ccc(F)cc2)CC1)Nc1ccc(Br)cn1. The first kappa shape index (κ1) is 16.9. The van der Waals surface area contributed by atoms with E-state index in [0.29, 0.717) is 12.4 Å². The summed E-state index contributed by atoms with van der Waals surface area (Å²) in [6.07, 6.45) is 1.65. The Labute approximate surface area is 148 Å². The lowest BCUT2D eigenvalue weighted by molar-refractivity contribution is -0.117. The molecule has 1 fully saturated rings. The molecular formula is C17H18BrFN4O. The number of halogens is 2. The Morgan fingerprint density at radius 1 is 1.12 bits per heavy atom. The second-order valence-electron chi connectivity index (χ2n) is 5.65. The zero-order chi connectivity index (χ0) is 16.9. The van der Waals surface area contributed by atoms with Gasteiger partial charge in [-0.05, 0) is 52.3 Å². The molecule has 1 saturated heterocycles. The van der Waals surface area contributed by atoms with Crippen molar-refractivity contribution in [3.63, 3.8) is 0 Å². The van der Waals surface area contributed by atoms with Gasteiger partial charge in [-0.1, -0.05) is 0 Å². The number of piperazine rings is 1. The van der Waals surface area contributed by atoms with Crippen LogP contribution in [-0.2, 0) is 4.79 Å². The summed E-state index contributed by atoms with van der Waals surface area (Å²) in [7, 11) is 0. The van der Waals surface area contributed by atoms with Gasteiger partial charge in [-0.15, -0.1) is 0 Å². The van der Waals surface area contributed by atoms with E-state index in [1.165, 1.54) is 12.1 Å². The molecule has 1 N–H and O–H groups in total. The third-order valence-electron chi connectivity index (χ3n) is 3.93. The van der Waals surface area contributed by atoms with Crippen molar-refractivity contribution in [2.45, 2.75) is 0 Å². The van der Waals surface area contributed by atoms with Gasteiger partial charge in [0.15, 0.2) is 0 Å². The first-order chi connectivity index (χ1) is 11.6. The fourth-order valence-electron chi connectivity index (χ4n) is 2.65. The third-order valence-corrected chi connectivity index (χ3v) is 4.40. The van der Waals surface area contributed by atoms with E-state index >= 15 is 0 Å². The van der Waals surface area contributed by atoms with Gasteiger partial charge in [-0.3, -0.25) is 9.69 Å². The normalized spacial score (nSPS) is 15.3. The molecule has 126 valence electrons. The molecule has 1 aromatic carbocycles. The molecule has 1 aliphatic rings. The topological polar surface area (TPSA) is 48.5 Å². The molecule has 1 amide bonds. The molecule has 0 aliphatic carbocycles. The van der Waals surface area contributed by atoms with E-state index in [2.05, 4.69) is 36.0 Å². The van der Waals surface area contributed by atoms with E-state index in [0.717, 1.165) is 36.3 Å². The van der Waals surface area contributed by atoms with Crippen LogP contribution in [0, 0.1) is 5.82 Å². The summed E-state index contributed by atoms with van der Waals surface area (Å²) in [4.78, 5) is 20.5. The fourth-order valence-corrected chi connectivity index (χ4v) is 2.89. The zero-order valence-electron chi connectivity index (χ0n) is 13.1. The van der Waals surface area contributed by atoms with Gasteiger partial charge >= 0.3 is 0 Å². The summed E-state index contributed by atoms with van der Waals surface area (Å²) >= 11 is 3.31. The number of nitrogens with zero attached hydrogens (tertiary/aromatic N) is 3. The Morgan fingerprint density at radius 2 is 1.83 bits per heavy atom. The van der Waals surface area contributed by atoms with Crippen LogP contribution in [0.15, 0.2) is 47.1 Å². The standard InChI is InChI=1S/C17H18BrFN4O/c18-13-1-6-16(20-11-13)21-17(24)12-22-7-9-23(10-8-22)15-4-2-14(19)3-5-15/h1-6,11H,7-10,12H2,(H,20,21,24). The Balaban J connectivity index is 1.47. The predicted octanol–water partition coefficient (Wildman–Crippen LogP) is 2.74. The number of hydrogen-bond acceptors (Lipinski definition) is 4. The number of carbonyl (C=O) groups excluding carboxylic acids is 1. The summed E-state index contributed by atoms with van der Waals surface area (Å²) in [5, 5.41) is 2.80. The smallest absolute Gasteiger partial charge is 0.239 e. The molecule has 3 rings (SSSR count). The number of carbonyl (C=O) groups is 1. The van der Waals surface area contributed by atoms with Crippen molar-refractivity contribution in [2.24, 2.45) is 0 Å². The molecule has 0 unspecified atom stereocenters. The molecule has 1 aliphatic heterocycles. The Hall–Kier alpha value is -1.99. The number of rotatable bonds is 4. The lowest BCUT2D eigenvalue weighted by atomic mass is 10.2. The van der Waals surface area contributed by atoms with Gasteiger partial charge in [0.2, 0.25) is 5.91 Å². The minimum atomic E-state index is -0.226. The molecule has 2 aromatic rings. The van der Waals surface area contributed by atoms with Crippen molar-refractivity contribution in [3.8, 4) is 0 Å². The van der Waals surface area contributed by atoms with E-state index in [9.17, 15) is 9.18 Å². The summed E-state index contributed by atoms with van der Waals surface area (Å²) in [5.41, 5.74) is 1.01. The predicted molar refractivity (Wildman–Crippen MR) is 95.6 cm³/mol. The van der Waals surface area contributed by atoms with Gasteiger partial charge in [-0.2, -0.15) is 0 Å². The highest BCUT2D eigenvalue weighted by Gasteiger charge is 2.19. The van der Waals surface area contributed by atoms with Gasteiger partial charge < -0.3 is 10.2 Å². The van der Waals surface area contributed by atoms with Crippen LogP contribution in [0.4, 0.5) is 15.9 Å². The molecule has 24 heavy (non-hydrogen) atoms. The summed E-state index contributed by atoms with van der Waals surface area (Å²) in [5.74, 6) is 0.254. The average molecular weight is 393 g/mol. The number of anilines is 2. The van der Waals surface area contributed by atoms with Crippen molar-refractivity contribution in [1.82, 2.24) is 9.88 Å². The molecule has 0 atom stereocenters. The minimum absolute atomic E-state index is 0.0694. The van der Waals surface area contributed by atoms with E-state index in [-0.39, 0.29) is 11.7 Å². The first-order valence-electron chi connectivity index (χ1n) is 7.74. The second kappa shape index (κ2) is 7.72. The monoisotopic (exact) mass is 392 g/mol. The summed E-state index contributed by atoms with van der Waals surface area (Å²) in [6.45, 7) is 3.55. The van der Waals surface area contributed by atoms with Crippen molar-refractivity contribution in [1.29, 1.82) is 0 Å².